The number of allylic oxidation sites excluding steroid dienone is 1. The fourth-order valence-electron chi connectivity index (χ4n) is 3.62. The molecule has 3 nitrogen and oxygen atoms in total. The van der Waals surface area contributed by atoms with E-state index in [0.717, 1.165) is 43.6 Å². The molecule has 22 heavy (non-hydrogen) atoms. The van der Waals surface area contributed by atoms with Gasteiger partial charge in [0.1, 0.15) is 0 Å². The molecule has 1 aliphatic carbocycles. The maximum absolute atomic E-state index is 9.76. The molecular formula is C19H24O3. The first kappa shape index (κ1) is 15.2. The van der Waals surface area contributed by atoms with Crippen LogP contribution in [0.4, 0.5) is 0 Å². The predicted octanol–water partition coefficient (Wildman–Crippen LogP) is 3.65. The van der Waals surface area contributed by atoms with E-state index >= 15 is 0 Å². The first-order chi connectivity index (χ1) is 10.7. The second-order valence-corrected chi connectivity index (χ2v) is 6.32. The van der Waals surface area contributed by atoms with E-state index in [9.17, 15) is 5.11 Å². The molecule has 0 radical (unpaired) electrons. The van der Waals surface area contributed by atoms with Gasteiger partial charge in [0, 0.05) is 5.56 Å². The number of benzene rings is 1. The van der Waals surface area contributed by atoms with Crippen molar-refractivity contribution in [3.05, 3.63) is 48.6 Å². The highest BCUT2D eigenvalue weighted by Crippen LogP contribution is 2.42. The highest BCUT2D eigenvalue weighted by molar-refractivity contribution is 5.53. The number of rotatable bonds is 6. The van der Waals surface area contributed by atoms with Crippen LogP contribution in [-0.2, 0) is 12.8 Å². The van der Waals surface area contributed by atoms with Gasteiger partial charge in [-0.25, -0.2) is 0 Å². The molecule has 3 atom stereocenters. The fraction of sp³-hybridized carbons (Fsp3) is 0.474. The van der Waals surface area contributed by atoms with Crippen LogP contribution in [0.5, 0.6) is 11.5 Å². The van der Waals surface area contributed by atoms with Gasteiger partial charge in [-0.05, 0) is 55.6 Å². The molecule has 0 saturated heterocycles. The molecule has 1 heterocycles. The molecule has 0 saturated carbocycles. The molecule has 0 bridgehead atoms. The number of hydrogen-bond donors (Lipinski definition) is 1. The highest BCUT2D eigenvalue weighted by atomic mass is 16.7. The minimum absolute atomic E-state index is 0.340. The van der Waals surface area contributed by atoms with Gasteiger partial charge in [0.05, 0.1) is 6.10 Å². The zero-order chi connectivity index (χ0) is 15.5. The van der Waals surface area contributed by atoms with Crippen LogP contribution in [0, 0.1) is 11.8 Å². The fourth-order valence-corrected chi connectivity index (χ4v) is 3.62. The summed E-state index contributed by atoms with van der Waals surface area (Å²) < 4.78 is 11.1. The van der Waals surface area contributed by atoms with E-state index in [2.05, 4.69) is 19.2 Å². The minimum atomic E-state index is -0.437. The highest BCUT2D eigenvalue weighted by Gasteiger charge is 2.27. The van der Waals surface area contributed by atoms with E-state index in [0.29, 0.717) is 18.6 Å². The monoisotopic (exact) mass is 300 g/mol. The van der Waals surface area contributed by atoms with Gasteiger partial charge in [-0.2, -0.15) is 0 Å². The summed E-state index contributed by atoms with van der Waals surface area (Å²) in [5.74, 6) is 2.81. The van der Waals surface area contributed by atoms with E-state index in [1.54, 1.807) is 6.08 Å². The molecule has 1 aliphatic heterocycles. The first-order valence-corrected chi connectivity index (χ1v) is 8.04. The van der Waals surface area contributed by atoms with Crippen molar-refractivity contribution < 1.29 is 14.6 Å². The first-order valence-electron chi connectivity index (χ1n) is 8.04. The third-order valence-corrected chi connectivity index (χ3v) is 4.84. The zero-order valence-electron chi connectivity index (χ0n) is 13.0. The third kappa shape index (κ3) is 3.05. The summed E-state index contributed by atoms with van der Waals surface area (Å²) in [6, 6.07) is 4.20. The summed E-state index contributed by atoms with van der Waals surface area (Å²) in [5.41, 5.74) is 2.71. The lowest BCUT2D eigenvalue weighted by molar-refractivity contribution is 0.172. The van der Waals surface area contributed by atoms with Crippen LogP contribution in [0.2, 0.25) is 0 Å². The quantitative estimate of drug-likeness (QED) is 0.815. The lowest BCUT2D eigenvalue weighted by Gasteiger charge is -2.28. The lowest BCUT2D eigenvalue weighted by atomic mass is 9.78. The predicted molar refractivity (Wildman–Crippen MR) is 87.2 cm³/mol. The topological polar surface area (TPSA) is 38.7 Å². The molecule has 0 spiro atoms. The van der Waals surface area contributed by atoms with Crippen molar-refractivity contribution in [3.8, 4) is 11.5 Å². The molecule has 0 aromatic heterocycles. The Morgan fingerprint density at radius 2 is 2.14 bits per heavy atom. The molecule has 3 heteroatoms. The van der Waals surface area contributed by atoms with Gasteiger partial charge < -0.3 is 14.6 Å². The van der Waals surface area contributed by atoms with Crippen LogP contribution < -0.4 is 9.47 Å². The lowest BCUT2D eigenvalue weighted by Crippen LogP contribution is -2.19. The Morgan fingerprint density at radius 3 is 2.91 bits per heavy atom. The maximum atomic E-state index is 9.76. The van der Waals surface area contributed by atoms with E-state index in [-0.39, 0.29) is 0 Å². The SMILES string of the molecule is C=CC(O)CC(C=C)CC1CCc2c(ccc3c2OCO3)C1. The van der Waals surface area contributed by atoms with E-state index in [1.807, 2.05) is 12.1 Å². The van der Waals surface area contributed by atoms with Crippen LogP contribution in [0.25, 0.3) is 0 Å². The van der Waals surface area contributed by atoms with Crippen molar-refractivity contribution in [1.29, 1.82) is 0 Å². The van der Waals surface area contributed by atoms with Crippen molar-refractivity contribution >= 4 is 0 Å². The van der Waals surface area contributed by atoms with Crippen LogP contribution in [0.3, 0.4) is 0 Å². The average Bonchev–Trinajstić information content (AvgIpc) is 3.02. The summed E-state index contributed by atoms with van der Waals surface area (Å²) in [5, 5.41) is 9.76. The minimum Gasteiger partial charge on any atom is -0.454 e. The van der Waals surface area contributed by atoms with Gasteiger partial charge in [-0.15, -0.1) is 13.2 Å². The zero-order valence-corrected chi connectivity index (χ0v) is 13.0. The summed E-state index contributed by atoms with van der Waals surface area (Å²) in [6.45, 7) is 7.91. The van der Waals surface area contributed by atoms with Crippen molar-refractivity contribution in [1.82, 2.24) is 0 Å². The molecule has 3 rings (SSSR count). The second-order valence-electron chi connectivity index (χ2n) is 6.32. The largest absolute Gasteiger partial charge is 0.454 e. The molecular weight excluding hydrogens is 276 g/mol. The Bertz CT molecular complexity index is 564. The average molecular weight is 300 g/mol. The molecule has 118 valence electrons. The van der Waals surface area contributed by atoms with Crippen molar-refractivity contribution in [2.24, 2.45) is 11.8 Å². The molecule has 0 fully saturated rings. The molecule has 3 unspecified atom stereocenters. The molecule has 0 amide bonds. The Morgan fingerprint density at radius 1 is 1.27 bits per heavy atom. The van der Waals surface area contributed by atoms with Gasteiger partial charge in [0.25, 0.3) is 0 Å². The van der Waals surface area contributed by atoms with Crippen molar-refractivity contribution in [2.45, 2.75) is 38.2 Å². The second kappa shape index (κ2) is 6.57. The molecule has 2 aliphatic rings. The van der Waals surface area contributed by atoms with Gasteiger partial charge in [0.15, 0.2) is 11.5 Å². The van der Waals surface area contributed by atoms with Gasteiger partial charge in [-0.1, -0.05) is 18.2 Å². The van der Waals surface area contributed by atoms with E-state index in [4.69, 9.17) is 9.47 Å². The summed E-state index contributed by atoms with van der Waals surface area (Å²) >= 11 is 0. The van der Waals surface area contributed by atoms with Gasteiger partial charge >= 0.3 is 0 Å². The number of aliphatic hydroxyl groups excluding tert-OH is 1. The smallest absolute Gasteiger partial charge is 0.231 e. The molecule has 1 N–H and O–H groups in total. The number of fused-ring (bicyclic) bond motifs is 3. The summed E-state index contributed by atoms with van der Waals surface area (Å²) in [7, 11) is 0. The maximum Gasteiger partial charge on any atom is 0.231 e. The van der Waals surface area contributed by atoms with Gasteiger partial charge in [0.2, 0.25) is 6.79 Å². The Balaban J connectivity index is 1.67. The van der Waals surface area contributed by atoms with Gasteiger partial charge in [-0.3, -0.25) is 0 Å². The Kier molecular flexibility index (Phi) is 4.53. The number of hydrogen-bond acceptors (Lipinski definition) is 3. The Labute approximate surface area is 132 Å². The van der Waals surface area contributed by atoms with Crippen LogP contribution in [0.1, 0.15) is 30.4 Å². The van der Waals surface area contributed by atoms with Crippen LogP contribution in [0.15, 0.2) is 37.4 Å². The van der Waals surface area contributed by atoms with Crippen molar-refractivity contribution in [3.63, 3.8) is 0 Å². The number of ether oxygens (including phenoxy) is 2. The summed E-state index contributed by atoms with van der Waals surface area (Å²) in [6.07, 6.45) is 8.20. The van der Waals surface area contributed by atoms with E-state index in [1.165, 1.54) is 11.1 Å². The van der Waals surface area contributed by atoms with Crippen LogP contribution >= 0.6 is 0 Å². The van der Waals surface area contributed by atoms with Crippen LogP contribution in [-0.4, -0.2) is 18.0 Å². The third-order valence-electron chi connectivity index (χ3n) is 4.84. The van der Waals surface area contributed by atoms with E-state index < -0.39 is 6.10 Å². The summed E-state index contributed by atoms with van der Waals surface area (Å²) in [4.78, 5) is 0. The standard InChI is InChI=1S/C19H24O3/c1-3-13(11-16(20)4-2)9-14-5-7-17-15(10-14)6-8-18-19(17)22-12-21-18/h3-4,6,8,13-14,16,20H,1-2,5,7,9-12H2. The normalized spacial score (nSPS) is 21.8. The number of aliphatic hydroxyl groups is 1. The molecule has 1 aromatic rings. The van der Waals surface area contributed by atoms with Crippen molar-refractivity contribution in [2.75, 3.05) is 6.79 Å². The Hall–Kier alpha value is -1.74. The molecule has 1 aromatic carbocycles.